The van der Waals surface area contributed by atoms with E-state index in [1.807, 2.05) is 6.92 Å². The van der Waals surface area contributed by atoms with Crippen LogP contribution in [0.2, 0.25) is 0 Å². The van der Waals surface area contributed by atoms with Crippen LogP contribution < -0.4 is 10.6 Å². The molecule has 9 nitrogen and oxygen atoms in total. The topological polar surface area (TPSA) is 118 Å². The Kier molecular flexibility index (Phi) is 7.06. The molecule has 1 aromatic heterocycles. The number of urea groups is 1. The fraction of sp³-hybridized carbons (Fsp3) is 0.421. The minimum atomic E-state index is -3.26. The van der Waals surface area contributed by atoms with Crippen molar-refractivity contribution in [2.24, 2.45) is 0 Å². The van der Waals surface area contributed by atoms with Gasteiger partial charge in [0.15, 0.2) is 15.0 Å². The van der Waals surface area contributed by atoms with Gasteiger partial charge in [-0.25, -0.2) is 18.2 Å². The van der Waals surface area contributed by atoms with E-state index < -0.39 is 15.9 Å². The minimum Gasteiger partial charge on any atom is -0.378 e. The number of aryl methyl sites for hydroxylation is 1. The number of hydrogen-bond acceptors (Lipinski definition) is 7. The van der Waals surface area contributed by atoms with Gasteiger partial charge in [0.1, 0.15) is 0 Å². The maximum atomic E-state index is 12.1. The first-order valence-electron chi connectivity index (χ1n) is 9.42. The first kappa shape index (κ1) is 22.2. The number of nitrogens with one attached hydrogen (secondary N) is 2. The highest BCUT2D eigenvalue weighted by molar-refractivity contribution is 7.90. The van der Waals surface area contributed by atoms with Gasteiger partial charge in [-0.1, -0.05) is 23.5 Å². The Morgan fingerprint density at radius 1 is 1.20 bits per heavy atom. The number of hydrogen-bond donors (Lipinski definition) is 2. The third kappa shape index (κ3) is 5.77. The number of amides is 3. The van der Waals surface area contributed by atoms with E-state index in [0.29, 0.717) is 31.4 Å². The Morgan fingerprint density at radius 3 is 2.50 bits per heavy atom. The lowest BCUT2D eigenvalue weighted by molar-refractivity contribution is -0.135. The molecule has 162 valence electrons. The van der Waals surface area contributed by atoms with Crippen LogP contribution in [0.5, 0.6) is 0 Å². The summed E-state index contributed by atoms with van der Waals surface area (Å²) in [5.74, 6) is -0.0106. The van der Waals surface area contributed by atoms with E-state index in [2.05, 4.69) is 15.6 Å². The first-order chi connectivity index (χ1) is 14.2. The monoisotopic (exact) mass is 452 g/mol. The predicted molar refractivity (Wildman–Crippen MR) is 114 cm³/mol. The fourth-order valence-corrected chi connectivity index (χ4v) is 4.56. The average Bonchev–Trinajstić information content (AvgIpc) is 3.08. The van der Waals surface area contributed by atoms with E-state index in [-0.39, 0.29) is 23.8 Å². The Bertz CT molecular complexity index is 1010. The standard InChI is InChI=1S/C19H24N4O5S2/c1-13-17(14-3-5-15(6-4-14)30(2,26)27)29-19(21-13)22-18(25)20-8-7-16(24)23-9-11-28-12-10-23/h3-6H,7-12H2,1-2H3,(H2,20,21,22,25). The third-order valence-corrected chi connectivity index (χ3v) is 6.80. The molecule has 2 heterocycles. The molecule has 1 aliphatic rings. The summed E-state index contributed by atoms with van der Waals surface area (Å²) in [6.07, 6.45) is 1.39. The van der Waals surface area contributed by atoms with Crippen molar-refractivity contribution in [2.45, 2.75) is 18.2 Å². The van der Waals surface area contributed by atoms with Gasteiger partial charge in [-0.3, -0.25) is 10.1 Å². The number of sulfone groups is 1. The minimum absolute atomic E-state index is 0.0106. The number of aromatic nitrogens is 1. The van der Waals surface area contributed by atoms with Crippen molar-refractivity contribution in [3.63, 3.8) is 0 Å². The quantitative estimate of drug-likeness (QED) is 0.691. The zero-order chi connectivity index (χ0) is 21.7. The molecule has 1 aromatic carbocycles. The van der Waals surface area contributed by atoms with E-state index in [1.54, 1.807) is 29.2 Å². The Morgan fingerprint density at radius 2 is 1.87 bits per heavy atom. The van der Waals surface area contributed by atoms with Crippen LogP contribution in [-0.2, 0) is 19.4 Å². The summed E-state index contributed by atoms with van der Waals surface area (Å²) >= 11 is 1.30. The molecule has 30 heavy (non-hydrogen) atoms. The van der Waals surface area contributed by atoms with Crippen LogP contribution in [0.3, 0.4) is 0 Å². The summed E-state index contributed by atoms with van der Waals surface area (Å²) in [7, 11) is -3.26. The molecule has 2 N–H and O–H groups in total. The van der Waals surface area contributed by atoms with Crippen molar-refractivity contribution in [2.75, 3.05) is 44.4 Å². The van der Waals surface area contributed by atoms with Crippen LogP contribution in [-0.4, -0.2) is 69.3 Å². The maximum Gasteiger partial charge on any atom is 0.321 e. The van der Waals surface area contributed by atoms with Crippen LogP contribution in [0, 0.1) is 6.92 Å². The Labute approximate surface area is 179 Å². The Hall–Kier alpha value is -2.50. The number of nitrogens with zero attached hydrogens (tertiary/aromatic N) is 2. The molecule has 11 heteroatoms. The lowest BCUT2D eigenvalue weighted by Gasteiger charge is -2.26. The summed E-state index contributed by atoms with van der Waals surface area (Å²) in [5, 5.41) is 5.77. The van der Waals surface area contributed by atoms with Crippen molar-refractivity contribution >= 4 is 38.2 Å². The molecular weight excluding hydrogens is 428 g/mol. The van der Waals surface area contributed by atoms with E-state index in [9.17, 15) is 18.0 Å². The highest BCUT2D eigenvalue weighted by Gasteiger charge is 2.17. The van der Waals surface area contributed by atoms with Crippen LogP contribution in [0.25, 0.3) is 10.4 Å². The van der Waals surface area contributed by atoms with Gasteiger partial charge in [0.2, 0.25) is 5.91 Å². The Balaban J connectivity index is 1.53. The molecular formula is C19H24N4O5S2. The van der Waals surface area contributed by atoms with E-state index in [1.165, 1.54) is 11.3 Å². The van der Waals surface area contributed by atoms with Gasteiger partial charge in [-0.05, 0) is 24.6 Å². The number of ether oxygens (including phenoxy) is 1. The van der Waals surface area contributed by atoms with E-state index >= 15 is 0 Å². The average molecular weight is 453 g/mol. The summed E-state index contributed by atoms with van der Waals surface area (Å²) < 4.78 is 28.4. The molecule has 1 aliphatic heterocycles. The first-order valence-corrected chi connectivity index (χ1v) is 12.1. The van der Waals surface area contributed by atoms with Gasteiger partial charge in [-0.15, -0.1) is 0 Å². The van der Waals surface area contributed by atoms with Gasteiger partial charge < -0.3 is 15.0 Å². The van der Waals surface area contributed by atoms with E-state index in [0.717, 1.165) is 22.4 Å². The number of morpholine rings is 1. The van der Waals surface area contributed by atoms with Crippen molar-refractivity contribution in [3.8, 4) is 10.4 Å². The van der Waals surface area contributed by atoms with Gasteiger partial charge >= 0.3 is 6.03 Å². The summed E-state index contributed by atoms with van der Waals surface area (Å²) in [5.41, 5.74) is 1.55. The van der Waals surface area contributed by atoms with Gasteiger partial charge in [0.25, 0.3) is 0 Å². The second-order valence-electron chi connectivity index (χ2n) is 6.85. The highest BCUT2D eigenvalue weighted by Crippen LogP contribution is 2.33. The van der Waals surface area contributed by atoms with Crippen molar-refractivity contribution < 1.29 is 22.7 Å². The fourth-order valence-electron chi connectivity index (χ4n) is 2.97. The smallest absolute Gasteiger partial charge is 0.321 e. The highest BCUT2D eigenvalue weighted by atomic mass is 32.2. The van der Waals surface area contributed by atoms with Gasteiger partial charge in [0, 0.05) is 32.3 Å². The molecule has 0 radical (unpaired) electrons. The number of thiazole rings is 1. The number of carbonyl (C=O) groups is 2. The zero-order valence-electron chi connectivity index (χ0n) is 16.8. The van der Waals surface area contributed by atoms with Crippen LogP contribution in [0.1, 0.15) is 12.1 Å². The third-order valence-electron chi connectivity index (χ3n) is 4.55. The second kappa shape index (κ2) is 9.54. The van der Waals surface area contributed by atoms with Crippen LogP contribution in [0.15, 0.2) is 29.2 Å². The summed E-state index contributed by atoms with van der Waals surface area (Å²) in [6.45, 7) is 4.30. The summed E-state index contributed by atoms with van der Waals surface area (Å²) in [4.78, 5) is 31.4. The summed E-state index contributed by atoms with van der Waals surface area (Å²) in [6, 6.07) is 6.11. The number of benzene rings is 1. The van der Waals surface area contributed by atoms with Crippen molar-refractivity contribution in [1.82, 2.24) is 15.2 Å². The molecule has 3 rings (SSSR count). The van der Waals surface area contributed by atoms with Crippen LogP contribution >= 0.6 is 11.3 Å². The number of carbonyl (C=O) groups excluding carboxylic acids is 2. The van der Waals surface area contributed by atoms with Crippen LogP contribution in [0.4, 0.5) is 9.93 Å². The van der Waals surface area contributed by atoms with Crippen molar-refractivity contribution in [3.05, 3.63) is 30.0 Å². The second-order valence-corrected chi connectivity index (χ2v) is 9.87. The molecule has 2 aromatic rings. The molecule has 1 saturated heterocycles. The van der Waals surface area contributed by atoms with Gasteiger partial charge in [0.05, 0.1) is 28.7 Å². The molecule has 0 saturated carbocycles. The lowest BCUT2D eigenvalue weighted by Crippen LogP contribution is -2.42. The largest absolute Gasteiger partial charge is 0.378 e. The number of anilines is 1. The van der Waals surface area contributed by atoms with Crippen molar-refractivity contribution in [1.29, 1.82) is 0 Å². The zero-order valence-corrected chi connectivity index (χ0v) is 18.4. The number of rotatable bonds is 6. The van der Waals surface area contributed by atoms with Gasteiger partial charge in [-0.2, -0.15) is 0 Å². The molecule has 1 fully saturated rings. The molecule has 0 spiro atoms. The molecule has 0 aliphatic carbocycles. The molecule has 0 unspecified atom stereocenters. The van der Waals surface area contributed by atoms with E-state index in [4.69, 9.17) is 4.74 Å². The molecule has 0 bridgehead atoms. The SMILES string of the molecule is Cc1nc(NC(=O)NCCC(=O)N2CCOCC2)sc1-c1ccc(S(C)(=O)=O)cc1. The lowest BCUT2D eigenvalue weighted by atomic mass is 10.2. The molecule has 3 amide bonds. The maximum absolute atomic E-state index is 12.1. The predicted octanol–water partition coefficient (Wildman–Crippen LogP) is 1.89. The normalized spacial score (nSPS) is 14.4. The molecule has 0 atom stereocenters.